The lowest BCUT2D eigenvalue weighted by molar-refractivity contribution is -0.0311. The molecule has 0 aromatic heterocycles. The fraction of sp³-hybridized carbons (Fsp3) is 0.351. The number of hydrogen-bond acceptors (Lipinski definition) is 8. The van der Waals surface area contributed by atoms with Crippen LogP contribution in [-0.2, 0) is 16.0 Å². The summed E-state index contributed by atoms with van der Waals surface area (Å²) in [5.41, 5.74) is 2.47. The Balaban J connectivity index is 1.37. The SMILES string of the molecule is C=C(Cl)/C(C[C@H](OC(=O)c1ccc(CN(C(=O)O[C@H]2CN3CCC2CC3)c2cc(O)ccc2Cl)cc1)c1ccc(OC)c(OC)c1)=C(\C)Cl. The van der Waals surface area contributed by atoms with Crippen LogP contribution in [0.15, 0.2) is 82.9 Å². The smallest absolute Gasteiger partial charge is 0.414 e. The molecule has 3 fully saturated rings. The summed E-state index contributed by atoms with van der Waals surface area (Å²) in [6, 6.07) is 16.3. The van der Waals surface area contributed by atoms with E-state index in [1.165, 1.54) is 37.3 Å². The molecule has 1 N–H and O–H groups in total. The van der Waals surface area contributed by atoms with Gasteiger partial charge in [-0.3, -0.25) is 9.80 Å². The van der Waals surface area contributed by atoms with Gasteiger partial charge in [0.1, 0.15) is 18.0 Å². The quantitative estimate of drug-likeness (QED) is 0.146. The van der Waals surface area contributed by atoms with E-state index in [1.807, 2.05) is 0 Å². The lowest BCUT2D eigenvalue weighted by Gasteiger charge is -2.44. The molecule has 3 aliphatic heterocycles. The van der Waals surface area contributed by atoms with E-state index in [4.69, 9.17) is 53.8 Å². The van der Waals surface area contributed by atoms with Crippen LogP contribution in [0, 0.1) is 5.92 Å². The largest absolute Gasteiger partial charge is 0.508 e. The zero-order chi connectivity index (χ0) is 35.2. The Hall–Kier alpha value is -3.89. The zero-order valence-corrected chi connectivity index (χ0v) is 29.9. The molecule has 0 saturated carbocycles. The number of ether oxygens (including phenoxy) is 4. The maximum Gasteiger partial charge on any atom is 0.414 e. The molecule has 3 heterocycles. The molecule has 3 aromatic carbocycles. The first-order valence-corrected chi connectivity index (χ1v) is 17.0. The number of benzene rings is 3. The maximum absolute atomic E-state index is 13.7. The van der Waals surface area contributed by atoms with Crippen LogP contribution in [0.4, 0.5) is 10.5 Å². The number of amides is 1. The second-order valence-corrected chi connectivity index (χ2v) is 13.5. The number of anilines is 1. The maximum atomic E-state index is 13.7. The van der Waals surface area contributed by atoms with Gasteiger partial charge < -0.3 is 24.1 Å². The first kappa shape index (κ1) is 36.4. The number of phenolic OH excluding ortho intramolecular Hbond substituents is 1. The highest BCUT2D eigenvalue weighted by atomic mass is 35.5. The van der Waals surface area contributed by atoms with Crippen molar-refractivity contribution in [2.45, 2.75) is 44.9 Å². The normalized spacial score (nSPS) is 19.3. The molecule has 3 aromatic rings. The molecular formula is C37H39Cl3N2O7. The average molecular weight is 730 g/mol. The van der Waals surface area contributed by atoms with Crippen molar-refractivity contribution in [1.29, 1.82) is 0 Å². The van der Waals surface area contributed by atoms with Crippen LogP contribution in [0.25, 0.3) is 0 Å². The molecule has 0 aliphatic carbocycles. The average Bonchev–Trinajstić information content (AvgIpc) is 3.10. The molecule has 3 aliphatic rings. The van der Waals surface area contributed by atoms with Gasteiger partial charge in [0.25, 0.3) is 0 Å². The van der Waals surface area contributed by atoms with Crippen molar-refractivity contribution in [2.24, 2.45) is 5.92 Å². The van der Waals surface area contributed by atoms with Gasteiger partial charge in [-0.1, -0.05) is 59.6 Å². The van der Waals surface area contributed by atoms with Crippen molar-refractivity contribution >= 4 is 52.6 Å². The standard InChI is InChI=1S/C37H39Cl3N2O7/c1-22(38)29(23(2)39)19-33(27-9-12-32(46-3)34(17-27)47-4)48-36(44)26-7-5-24(6-8-26)20-42(31-18-28(43)10-11-30(31)40)37(45)49-35-21-41-15-13-25(35)14-16-41/h5-12,17-18,25,33,35,43H,1,13-16,19-21H2,2-4H3/b29-23+/t33-,35-/m0/s1. The molecule has 1 amide bonds. The van der Waals surface area contributed by atoms with Gasteiger partial charge in [0.05, 0.1) is 37.0 Å². The number of nitrogens with zero attached hydrogens (tertiary/aromatic N) is 2. The van der Waals surface area contributed by atoms with Crippen LogP contribution in [0.5, 0.6) is 17.2 Å². The summed E-state index contributed by atoms with van der Waals surface area (Å²) in [4.78, 5) is 30.9. The van der Waals surface area contributed by atoms with Crippen LogP contribution in [-0.4, -0.2) is 62.0 Å². The molecule has 0 spiro atoms. The second-order valence-electron chi connectivity index (χ2n) is 12.1. The van der Waals surface area contributed by atoms with Gasteiger partial charge in [-0.15, -0.1) is 0 Å². The van der Waals surface area contributed by atoms with E-state index in [0.29, 0.717) is 51.4 Å². The van der Waals surface area contributed by atoms with Crippen molar-refractivity contribution in [3.8, 4) is 17.2 Å². The number of esters is 1. The summed E-state index contributed by atoms with van der Waals surface area (Å²) < 4.78 is 22.9. The van der Waals surface area contributed by atoms with Crippen molar-refractivity contribution in [2.75, 3.05) is 38.8 Å². The molecule has 0 radical (unpaired) electrons. The Morgan fingerprint density at radius 2 is 1.69 bits per heavy atom. The number of phenols is 1. The van der Waals surface area contributed by atoms with Crippen LogP contribution in [0.1, 0.15) is 53.8 Å². The number of allylic oxidation sites excluding steroid dienone is 2. The van der Waals surface area contributed by atoms with E-state index in [0.717, 1.165) is 25.9 Å². The highest BCUT2D eigenvalue weighted by Gasteiger charge is 2.37. The van der Waals surface area contributed by atoms with E-state index < -0.39 is 18.2 Å². The monoisotopic (exact) mass is 728 g/mol. The number of carbonyl (C=O) groups excluding carboxylic acids is 2. The Labute approximate surface area is 301 Å². The number of rotatable bonds is 12. The molecule has 3 saturated heterocycles. The van der Waals surface area contributed by atoms with Crippen LogP contribution >= 0.6 is 34.8 Å². The summed E-state index contributed by atoms with van der Waals surface area (Å²) >= 11 is 19.1. The number of piperidine rings is 3. The number of carbonyl (C=O) groups is 2. The topological polar surface area (TPSA) is 97.8 Å². The Morgan fingerprint density at radius 3 is 2.29 bits per heavy atom. The molecule has 9 nitrogen and oxygen atoms in total. The highest BCUT2D eigenvalue weighted by Crippen LogP contribution is 2.38. The predicted molar refractivity (Wildman–Crippen MR) is 191 cm³/mol. The minimum atomic E-state index is -0.796. The summed E-state index contributed by atoms with van der Waals surface area (Å²) in [7, 11) is 3.05. The van der Waals surface area contributed by atoms with Crippen LogP contribution in [0.2, 0.25) is 5.02 Å². The van der Waals surface area contributed by atoms with E-state index in [9.17, 15) is 14.7 Å². The van der Waals surface area contributed by atoms with Gasteiger partial charge in [0.15, 0.2) is 11.5 Å². The minimum absolute atomic E-state index is 0.0396. The summed E-state index contributed by atoms with van der Waals surface area (Å²) in [5.74, 6) is 0.666. The van der Waals surface area contributed by atoms with Crippen molar-refractivity contribution in [3.05, 3.63) is 105 Å². The molecule has 2 atom stereocenters. The Morgan fingerprint density at radius 1 is 1.00 bits per heavy atom. The number of methoxy groups -OCH3 is 2. The predicted octanol–water partition coefficient (Wildman–Crippen LogP) is 8.85. The second kappa shape index (κ2) is 16.2. The van der Waals surface area contributed by atoms with E-state index in [1.54, 1.807) is 49.4 Å². The van der Waals surface area contributed by atoms with E-state index >= 15 is 0 Å². The van der Waals surface area contributed by atoms with Crippen LogP contribution < -0.4 is 14.4 Å². The summed E-state index contributed by atoms with van der Waals surface area (Å²) in [5, 5.41) is 11.2. The number of hydrogen-bond donors (Lipinski definition) is 1. The third kappa shape index (κ3) is 8.83. The van der Waals surface area contributed by atoms with Gasteiger partial charge in [-0.05, 0) is 91.9 Å². The van der Waals surface area contributed by atoms with Crippen molar-refractivity contribution < 1.29 is 33.6 Å². The van der Waals surface area contributed by atoms with E-state index in [-0.39, 0.29) is 40.4 Å². The minimum Gasteiger partial charge on any atom is -0.508 e. The van der Waals surface area contributed by atoms with Gasteiger partial charge in [-0.25, -0.2) is 9.59 Å². The van der Waals surface area contributed by atoms with Crippen molar-refractivity contribution in [1.82, 2.24) is 4.90 Å². The fourth-order valence-electron chi connectivity index (χ4n) is 6.22. The molecule has 0 unspecified atom stereocenters. The first-order chi connectivity index (χ1) is 23.5. The zero-order valence-electron chi connectivity index (χ0n) is 27.6. The summed E-state index contributed by atoms with van der Waals surface area (Å²) in [6.45, 7) is 8.30. The highest BCUT2D eigenvalue weighted by molar-refractivity contribution is 6.35. The van der Waals surface area contributed by atoms with Gasteiger partial charge in [0, 0.05) is 29.1 Å². The van der Waals surface area contributed by atoms with Gasteiger partial charge in [-0.2, -0.15) is 0 Å². The Bertz CT molecular complexity index is 1720. The van der Waals surface area contributed by atoms with E-state index in [2.05, 4.69) is 11.5 Å². The summed E-state index contributed by atoms with van der Waals surface area (Å²) in [6.07, 6.45) is 0.553. The number of halogens is 3. The molecule has 49 heavy (non-hydrogen) atoms. The lowest BCUT2D eigenvalue weighted by atomic mass is 9.86. The number of fused-ring (bicyclic) bond motifs is 3. The third-order valence-corrected chi connectivity index (χ3v) is 9.76. The lowest BCUT2D eigenvalue weighted by Crippen LogP contribution is -2.53. The van der Waals surface area contributed by atoms with Crippen LogP contribution in [0.3, 0.4) is 0 Å². The van der Waals surface area contributed by atoms with Gasteiger partial charge >= 0.3 is 12.1 Å². The van der Waals surface area contributed by atoms with Gasteiger partial charge in [0.2, 0.25) is 0 Å². The molecule has 260 valence electrons. The fourth-order valence-corrected chi connectivity index (χ4v) is 6.90. The Kier molecular flexibility index (Phi) is 12.0. The molecular weight excluding hydrogens is 691 g/mol. The third-order valence-electron chi connectivity index (χ3n) is 8.98. The molecule has 12 heteroatoms. The number of aromatic hydroxyl groups is 1. The van der Waals surface area contributed by atoms with Crippen molar-refractivity contribution in [3.63, 3.8) is 0 Å². The first-order valence-electron chi connectivity index (χ1n) is 15.9. The molecule has 2 bridgehead atoms. The molecule has 6 rings (SSSR count).